The van der Waals surface area contributed by atoms with Crippen molar-refractivity contribution in [2.24, 2.45) is 0 Å². The first-order valence-electron chi connectivity index (χ1n) is 10.7. The number of pyridine rings is 3. The fraction of sp³-hybridized carbons (Fsp3) is 0.115. The zero-order valence-electron chi connectivity index (χ0n) is 18.9. The van der Waals surface area contributed by atoms with E-state index in [-0.39, 0.29) is 17.2 Å². The van der Waals surface area contributed by atoms with Gasteiger partial charge >= 0.3 is 0 Å². The Hall–Kier alpha value is -4.53. The van der Waals surface area contributed by atoms with E-state index in [1.54, 1.807) is 30.6 Å². The highest BCUT2D eigenvalue weighted by atomic mass is 19.3. The number of nitrogens with zero attached hydrogens (tertiary/aromatic N) is 3. The number of halogens is 2. The van der Waals surface area contributed by atoms with Gasteiger partial charge in [0.05, 0.1) is 5.69 Å². The maximum atomic E-state index is 12.9. The molecule has 0 radical (unpaired) electrons. The van der Waals surface area contributed by atoms with Gasteiger partial charge in [-0.2, -0.15) is 0 Å². The Morgan fingerprint density at radius 3 is 2.34 bits per heavy atom. The van der Waals surface area contributed by atoms with Crippen LogP contribution in [0.4, 0.5) is 14.5 Å². The van der Waals surface area contributed by atoms with Crippen molar-refractivity contribution in [2.75, 3.05) is 12.4 Å². The molecule has 4 aromatic rings. The van der Waals surface area contributed by atoms with E-state index in [4.69, 9.17) is 0 Å². The molecule has 2 amide bonds. The van der Waals surface area contributed by atoms with Crippen molar-refractivity contribution < 1.29 is 18.4 Å². The molecule has 0 saturated heterocycles. The fourth-order valence-electron chi connectivity index (χ4n) is 3.52. The standard InChI is InChI=1S/C26H21F2N5O2/c1-15-3-4-19(33-25(34)18-7-10-31-22(13-18)24(27)28)14-20(15)16-5-8-30-21(11-16)17-6-9-32-23(12-17)26(35)29-2/h3-14,24H,1-2H3,(H,29,35)(H,33,34). The van der Waals surface area contributed by atoms with Crippen LogP contribution in [-0.2, 0) is 0 Å². The van der Waals surface area contributed by atoms with Crippen LogP contribution in [0.25, 0.3) is 22.4 Å². The molecule has 3 heterocycles. The lowest BCUT2D eigenvalue weighted by molar-refractivity contribution is 0.0957. The molecule has 3 aromatic heterocycles. The number of nitrogens with one attached hydrogen (secondary N) is 2. The number of hydrogen-bond donors (Lipinski definition) is 2. The van der Waals surface area contributed by atoms with Crippen molar-refractivity contribution in [3.05, 3.63) is 95.7 Å². The number of carbonyl (C=O) groups is 2. The van der Waals surface area contributed by atoms with Crippen LogP contribution in [-0.4, -0.2) is 33.8 Å². The summed E-state index contributed by atoms with van der Waals surface area (Å²) in [6.07, 6.45) is 1.64. The zero-order chi connectivity index (χ0) is 24.9. The highest BCUT2D eigenvalue weighted by Gasteiger charge is 2.14. The number of hydrogen-bond acceptors (Lipinski definition) is 5. The summed E-state index contributed by atoms with van der Waals surface area (Å²) >= 11 is 0. The molecule has 176 valence electrons. The van der Waals surface area contributed by atoms with Crippen LogP contribution in [0.2, 0.25) is 0 Å². The Labute approximate surface area is 200 Å². The highest BCUT2D eigenvalue weighted by Crippen LogP contribution is 2.30. The zero-order valence-corrected chi connectivity index (χ0v) is 18.9. The maximum absolute atomic E-state index is 12.9. The molecule has 0 atom stereocenters. The average Bonchev–Trinajstić information content (AvgIpc) is 2.89. The van der Waals surface area contributed by atoms with Gasteiger partial charge in [-0.15, -0.1) is 0 Å². The molecule has 4 rings (SSSR count). The van der Waals surface area contributed by atoms with E-state index in [0.717, 1.165) is 28.3 Å². The first kappa shape index (κ1) is 23.6. The molecule has 0 fully saturated rings. The molecule has 0 saturated carbocycles. The van der Waals surface area contributed by atoms with Crippen LogP contribution in [0.3, 0.4) is 0 Å². The number of benzene rings is 1. The van der Waals surface area contributed by atoms with Gasteiger partial charge in [-0.3, -0.25) is 24.5 Å². The second-order valence-corrected chi connectivity index (χ2v) is 7.69. The van der Waals surface area contributed by atoms with Gasteiger partial charge < -0.3 is 10.6 Å². The topological polar surface area (TPSA) is 96.9 Å². The SMILES string of the molecule is CNC(=O)c1cc(-c2cc(-c3cc(NC(=O)c4ccnc(C(F)F)c4)ccc3C)ccn2)ccn1. The summed E-state index contributed by atoms with van der Waals surface area (Å²) in [6, 6.07) is 15.0. The van der Waals surface area contributed by atoms with E-state index in [9.17, 15) is 18.4 Å². The molecule has 0 aliphatic heterocycles. The van der Waals surface area contributed by atoms with E-state index in [1.165, 1.54) is 19.3 Å². The van der Waals surface area contributed by atoms with Crippen molar-refractivity contribution in [1.29, 1.82) is 0 Å². The van der Waals surface area contributed by atoms with Gasteiger partial charge in [0, 0.05) is 42.5 Å². The smallest absolute Gasteiger partial charge is 0.280 e. The van der Waals surface area contributed by atoms with Gasteiger partial charge in [-0.25, -0.2) is 8.78 Å². The Morgan fingerprint density at radius 1 is 0.829 bits per heavy atom. The number of carbonyl (C=O) groups excluding carboxylic acids is 2. The van der Waals surface area contributed by atoms with Crippen molar-refractivity contribution in [1.82, 2.24) is 20.3 Å². The molecule has 35 heavy (non-hydrogen) atoms. The molecule has 9 heteroatoms. The Bertz CT molecular complexity index is 1410. The Morgan fingerprint density at radius 2 is 1.57 bits per heavy atom. The van der Waals surface area contributed by atoms with E-state index < -0.39 is 18.0 Å². The van der Waals surface area contributed by atoms with Crippen molar-refractivity contribution in [3.8, 4) is 22.4 Å². The lowest BCUT2D eigenvalue weighted by atomic mass is 9.98. The third kappa shape index (κ3) is 5.35. The van der Waals surface area contributed by atoms with Gasteiger partial charge in [0.15, 0.2) is 0 Å². The van der Waals surface area contributed by atoms with Crippen LogP contribution in [0.1, 0.15) is 38.5 Å². The molecule has 0 aliphatic carbocycles. The second-order valence-electron chi connectivity index (χ2n) is 7.69. The lowest BCUT2D eigenvalue weighted by Crippen LogP contribution is -2.19. The molecule has 0 bridgehead atoms. The number of rotatable bonds is 6. The summed E-state index contributed by atoms with van der Waals surface area (Å²) < 4.78 is 25.9. The Kier molecular flexibility index (Phi) is 6.86. The minimum absolute atomic E-state index is 0.0910. The summed E-state index contributed by atoms with van der Waals surface area (Å²) in [5.41, 5.74) is 4.48. The quantitative estimate of drug-likeness (QED) is 0.408. The minimum Gasteiger partial charge on any atom is -0.354 e. The molecular formula is C26H21F2N5O2. The van der Waals surface area contributed by atoms with Crippen LogP contribution >= 0.6 is 0 Å². The highest BCUT2D eigenvalue weighted by molar-refractivity contribution is 6.04. The van der Waals surface area contributed by atoms with Gasteiger partial charge in [-0.1, -0.05) is 6.07 Å². The number of aryl methyl sites for hydroxylation is 1. The van der Waals surface area contributed by atoms with E-state index >= 15 is 0 Å². The predicted octanol–water partition coefficient (Wildman–Crippen LogP) is 5.06. The molecule has 2 N–H and O–H groups in total. The van der Waals surface area contributed by atoms with Crippen molar-refractivity contribution in [2.45, 2.75) is 13.3 Å². The molecule has 0 unspecified atom stereocenters. The van der Waals surface area contributed by atoms with Crippen LogP contribution in [0.5, 0.6) is 0 Å². The summed E-state index contributed by atoms with van der Waals surface area (Å²) in [4.78, 5) is 36.7. The third-order valence-electron chi connectivity index (χ3n) is 5.35. The second kappa shape index (κ2) is 10.2. The van der Waals surface area contributed by atoms with E-state index in [0.29, 0.717) is 11.4 Å². The number of aromatic nitrogens is 3. The molecular weight excluding hydrogens is 452 g/mol. The van der Waals surface area contributed by atoms with Gasteiger partial charge in [0.2, 0.25) is 0 Å². The first-order chi connectivity index (χ1) is 16.9. The number of alkyl halides is 2. The van der Waals surface area contributed by atoms with Crippen LogP contribution in [0, 0.1) is 6.92 Å². The van der Waals surface area contributed by atoms with Crippen LogP contribution in [0.15, 0.2) is 73.2 Å². The van der Waals surface area contributed by atoms with E-state index in [1.807, 2.05) is 31.2 Å². The number of anilines is 1. The fourth-order valence-corrected chi connectivity index (χ4v) is 3.52. The monoisotopic (exact) mass is 473 g/mol. The minimum atomic E-state index is -2.76. The van der Waals surface area contributed by atoms with Crippen LogP contribution < -0.4 is 10.6 Å². The van der Waals surface area contributed by atoms with Gasteiger partial charge in [-0.05, 0) is 72.1 Å². The Balaban J connectivity index is 1.63. The lowest BCUT2D eigenvalue weighted by Gasteiger charge is -2.12. The summed E-state index contributed by atoms with van der Waals surface area (Å²) in [5, 5.41) is 5.30. The molecule has 0 aliphatic rings. The van der Waals surface area contributed by atoms with Gasteiger partial charge in [0.1, 0.15) is 11.4 Å². The van der Waals surface area contributed by atoms with Crippen molar-refractivity contribution in [3.63, 3.8) is 0 Å². The molecule has 0 spiro atoms. The predicted molar refractivity (Wildman–Crippen MR) is 128 cm³/mol. The summed E-state index contributed by atoms with van der Waals surface area (Å²) in [5.74, 6) is -0.810. The largest absolute Gasteiger partial charge is 0.354 e. The third-order valence-corrected chi connectivity index (χ3v) is 5.35. The van der Waals surface area contributed by atoms with E-state index in [2.05, 4.69) is 25.6 Å². The first-order valence-corrected chi connectivity index (χ1v) is 10.7. The van der Waals surface area contributed by atoms with Crippen molar-refractivity contribution >= 4 is 17.5 Å². The summed E-state index contributed by atoms with van der Waals surface area (Å²) in [7, 11) is 1.54. The number of amides is 2. The molecule has 7 nitrogen and oxygen atoms in total. The summed E-state index contributed by atoms with van der Waals surface area (Å²) in [6.45, 7) is 1.94. The normalized spacial score (nSPS) is 10.8. The maximum Gasteiger partial charge on any atom is 0.280 e. The van der Waals surface area contributed by atoms with Gasteiger partial charge in [0.25, 0.3) is 18.2 Å². The molecule has 1 aromatic carbocycles. The average molecular weight is 473 g/mol.